The standard InChI is InChI=1S/C34H36ClN5O2/c1-8-24-12-10-11-13-25(24)26-17-29-27(16-28(26)35)33(39-22(6)18-38(19-23(39)7)30(41)9-2)37-34(42)40(29)32-21(5)14-15-36-31(32)20(3)4/h8-17,20,22-23H,1-2,18-19H2,3-7H3/t22-,23-/m0/s1/i1D2,5D3. The molecule has 0 saturated carbocycles. The maximum atomic E-state index is 14.4. The lowest BCUT2D eigenvalue weighted by Gasteiger charge is -2.45. The van der Waals surface area contributed by atoms with E-state index in [1.807, 2.05) is 44.7 Å². The quantitative estimate of drug-likeness (QED) is 0.233. The molecule has 0 unspecified atom stereocenters. The summed E-state index contributed by atoms with van der Waals surface area (Å²) in [5.74, 6) is -0.0660. The number of aromatic nitrogens is 3. The lowest BCUT2D eigenvalue weighted by atomic mass is 9.97. The molecule has 1 aliphatic heterocycles. The van der Waals surface area contributed by atoms with Gasteiger partial charge < -0.3 is 9.80 Å². The third-order valence-corrected chi connectivity index (χ3v) is 8.05. The Morgan fingerprint density at radius 1 is 1.17 bits per heavy atom. The van der Waals surface area contributed by atoms with E-state index in [1.165, 1.54) is 29.0 Å². The number of nitrogens with zero attached hydrogens (tertiary/aromatic N) is 5. The van der Waals surface area contributed by atoms with Gasteiger partial charge in [0.05, 0.1) is 19.6 Å². The van der Waals surface area contributed by atoms with Crippen LogP contribution in [0, 0.1) is 6.85 Å². The summed E-state index contributed by atoms with van der Waals surface area (Å²) >= 11 is 7.02. The zero-order valence-corrected chi connectivity index (χ0v) is 24.8. The van der Waals surface area contributed by atoms with Crippen LogP contribution in [-0.2, 0) is 4.79 Å². The fourth-order valence-corrected chi connectivity index (χ4v) is 6.16. The van der Waals surface area contributed by atoms with E-state index in [1.54, 1.807) is 29.2 Å². The van der Waals surface area contributed by atoms with E-state index in [9.17, 15) is 9.59 Å². The Labute approximate surface area is 258 Å². The van der Waals surface area contributed by atoms with Crippen molar-refractivity contribution in [2.45, 2.75) is 52.5 Å². The molecule has 2 aromatic heterocycles. The topological polar surface area (TPSA) is 71.3 Å². The number of benzene rings is 2. The van der Waals surface area contributed by atoms with Crippen molar-refractivity contribution >= 4 is 40.3 Å². The first-order valence-corrected chi connectivity index (χ1v) is 14.2. The van der Waals surface area contributed by atoms with Crippen molar-refractivity contribution in [3.63, 3.8) is 0 Å². The van der Waals surface area contributed by atoms with Gasteiger partial charge in [-0.3, -0.25) is 14.3 Å². The predicted molar refractivity (Wildman–Crippen MR) is 173 cm³/mol. The zero-order valence-electron chi connectivity index (χ0n) is 29.1. The molecule has 0 radical (unpaired) electrons. The third kappa shape index (κ3) is 5.02. The van der Waals surface area contributed by atoms with E-state index in [-0.39, 0.29) is 35.2 Å². The summed E-state index contributed by atoms with van der Waals surface area (Å²) < 4.78 is 41.9. The van der Waals surface area contributed by atoms with Crippen molar-refractivity contribution in [2.75, 3.05) is 18.0 Å². The Balaban J connectivity index is 1.91. The first-order valence-electron chi connectivity index (χ1n) is 16.3. The van der Waals surface area contributed by atoms with E-state index in [2.05, 4.69) is 16.5 Å². The zero-order chi connectivity index (χ0) is 34.4. The molecule has 42 heavy (non-hydrogen) atoms. The molecule has 1 fully saturated rings. The number of carbonyl (C=O) groups is 1. The molecule has 4 aromatic rings. The number of hydrogen-bond acceptors (Lipinski definition) is 5. The number of rotatable bonds is 6. The summed E-state index contributed by atoms with van der Waals surface area (Å²) in [4.78, 5) is 39.7. The Morgan fingerprint density at radius 3 is 2.57 bits per heavy atom. The van der Waals surface area contributed by atoms with Crippen molar-refractivity contribution in [1.29, 1.82) is 0 Å². The number of amides is 1. The highest BCUT2D eigenvalue weighted by Gasteiger charge is 2.34. The maximum Gasteiger partial charge on any atom is 0.354 e. The fraction of sp³-hybridized carbons (Fsp3) is 0.294. The summed E-state index contributed by atoms with van der Waals surface area (Å²) in [7, 11) is 0. The molecule has 7 nitrogen and oxygen atoms in total. The first-order chi connectivity index (χ1) is 22.1. The number of hydrogen-bond donors (Lipinski definition) is 0. The molecule has 0 N–H and O–H groups in total. The molecule has 0 spiro atoms. The SMILES string of the molecule is [2H]C([2H])=Cc1ccccc1-c1cc2c(cc1Cl)c(N1[C@@H](C)CN(C(=O)C=C)C[C@@H]1C)nc(=O)n2-c1c(C([2H])([2H])[2H])ccnc1C(C)C. The number of halogens is 1. The van der Waals surface area contributed by atoms with Crippen LogP contribution >= 0.6 is 11.6 Å². The van der Waals surface area contributed by atoms with Gasteiger partial charge in [-0.1, -0.05) is 68.9 Å². The van der Waals surface area contributed by atoms with Gasteiger partial charge in [-0.05, 0) is 67.6 Å². The van der Waals surface area contributed by atoms with E-state index in [0.717, 1.165) is 0 Å². The largest absolute Gasteiger partial charge is 0.354 e. The first kappa shape index (κ1) is 23.3. The molecule has 5 rings (SSSR count). The van der Waals surface area contributed by atoms with Crippen molar-refractivity contribution < 1.29 is 11.6 Å². The average molecular weight is 587 g/mol. The van der Waals surface area contributed by atoms with Crippen molar-refractivity contribution in [3.05, 3.63) is 100 Å². The normalized spacial score (nSPS) is 19.0. The van der Waals surface area contributed by atoms with Crippen LogP contribution in [0.3, 0.4) is 0 Å². The molecule has 216 valence electrons. The van der Waals surface area contributed by atoms with Crippen LogP contribution in [0.1, 0.15) is 57.3 Å². The Kier molecular flexibility index (Phi) is 6.43. The number of carbonyl (C=O) groups excluding carboxylic acids is 1. The second-order valence-electron chi connectivity index (χ2n) is 10.9. The number of fused-ring (bicyclic) bond motifs is 1. The highest BCUT2D eigenvalue weighted by Crippen LogP contribution is 2.39. The Morgan fingerprint density at radius 2 is 1.90 bits per heavy atom. The molecule has 3 heterocycles. The van der Waals surface area contributed by atoms with E-state index < -0.39 is 19.1 Å². The van der Waals surface area contributed by atoms with Gasteiger partial charge in [-0.15, -0.1) is 0 Å². The van der Waals surface area contributed by atoms with Gasteiger partial charge >= 0.3 is 5.69 Å². The average Bonchev–Trinajstić information content (AvgIpc) is 2.99. The van der Waals surface area contributed by atoms with Crippen molar-refractivity contribution in [1.82, 2.24) is 19.4 Å². The maximum absolute atomic E-state index is 14.4. The summed E-state index contributed by atoms with van der Waals surface area (Å²) in [6, 6.07) is 11.5. The molecular formula is C34H36ClN5O2. The van der Waals surface area contributed by atoms with Gasteiger partial charge in [0, 0.05) is 51.5 Å². The minimum Gasteiger partial charge on any atom is -0.347 e. The summed E-state index contributed by atoms with van der Waals surface area (Å²) in [5.41, 5.74) is 1.90. The lowest BCUT2D eigenvalue weighted by Crippen LogP contribution is -2.58. The Bertz CT molecular complexity index is 1960. The van der Waals surface area contributed by atoms with Gasteiger partial charge in [0.25, 0.3) is 0 Å². The number of piperazine rings is 1. The molecule has 2 aromatic carbocycles. The monoisotopic (exact) mass is 586 g/mol. The van der Waals surface area contributed by atoms with Crippen LogP contribution in [-0.4, -0.2) is 50.5 Å². The summed E-state index contributed by atoms with van der Waals surface area (Å²) in [6.45, 7) is 9.04. The van der Waals surface area contributed by atoms with Crippen molar-refractivity contribution in [3.8, 4) is 16.8 Å². The van der Waals surface area contributed by atoms with Crippen LogP contribution in [0.15, 0.2) is 72.6 Å². The van der Waals surface area contributed by atoms with Crippen LogP contribution in [0.25, 0.3) is 33.8 Å². The molecule has 8 heteroatoms. The molecule has 0 aliphatic carbocycles. The second-order valence-corrected chi connectivity index (χ2v) is 11.3. The highest BCUT2D eigenvalue weighted by molar-refractivity contribution is 6.34. The van der Waals surface area contributed by atoms with E-state index in [0.29, 0.717) is 57.2 Å². The molecule has 0 bridgehead atoms. The summed E-state index contributed by atoms with van der Waals surface area (Å²) in [5, 5.41) is 0.834. The predicted octanol–water partition coefficient (Wildman–Crippen LogP) is 6.79. The van der Waals surface area contributed by atoms with Crippen molar-refractivity contribution in [2.24, 2.45) is 0 Å². The van der Waals surface area contributed by atoms with Crippen LogP contribution in [0.4, 0.5) is 5.82 Å². The minimum absolute atomic E-state index is 0.0414. The molecule has 2 atom stereocenters. The second kappa shape index (κ2) is 11.6. The molecule has 1 aliphatic rings. The number of aryl methyl sites for hydroxylation is 1. The Hall–Kier alpha value is -4.23. The van der Waals surface area contributed by atoms with Crippen LogP contribution in [0.5, 0.6) is 0 Å². The van der Waals surface area contributed by atoms with Gasteiger partial charge in [-0.2, -0.15) is 4.98 Å². The minimum atomic E-state index is -2.57. The van der Waals surface area contributed by atoms with Crippen LogP contribution in [0.2, 0.25) is 5.02 Å². The van der Waals surface area contributed by atoms with Gasteiger partial charge in [0.15, 0.2) is 0 Å². The fourth-order valence-electron chi connectivity index (χ4n) is 5.89. The van der Waals surface area contributed by atoms with Gasteiger partial charge in [-0.25, -0.2) is 4.79 Å². The van der Waals surface area contributed by atoms with Crippen LogP contribution < -0.4 is 10.6 Å². The van der Waals surface area contributed by atoms with E-state index in [4.69, 9.17) is 18.5 Å². The molecule has 1 saturated heterocycles. The highest BCUT2D eigenvalue weighted by atomic mass is 35.5. The summed E-state index contributed by atoms with van der Waals surface area (Å²) in [6.07, 6.45) is 4.12. The smallest absolute Gasteiger partial charge is 0.347 e. The third-order valence-electron chi connectivity index (χ3n) is 7.74. The number of pyridine rings is 1. The van der Waals surface area contributed by atoms with Gasteiger partial charge in [0.2, 0.25) is 5.91 Å². The molecule has 1 amide bonds. The number of anilines is 1. The molecular weight excluding hydrogens is 546 g/mol. The lowest BCUT2D eigenvalue weighted by molar-refractivity contribution is -0.127. The van der Waals surface area contributed by atoms with Gasteiger partial charge in [0.1, 0.15) is 5.82 Å². The van der Waals surface area contributed by atoms with E-state index >= 15 is 0 Å².